The van der Waals surface area contributed by atoms with Crippen molar-refractivity contribution in [3.8, 4) is 0 Å². The molecule has 0 saturated carbocycles. The molecule has 20 valence electrons. The molecule has 0 aromatic rings. The van der Waals surface area contributed by atoms with Crippen molar-refractivity contribution >= 4 is 30.1 Å². The zero-order valence-electron chi connectivity index (χ0n) is 2.31. The Morgan fingerprint density at radius 1 is 1.00 bits per heavy atom. The van der Waals surface area contributed by atoms with Crippen LogP contribution in [0.3, 0.4) is 0 Å². The Balaban J connectivity index is 2.00. The molecule has 1 fully saturated rings. The van der Waals surface area contributed by atoms with Gasteiger partial charge in [0, 0.05) is 0 Å². The van der Waals surface area contributed by atoms with Gasteiger partial charge in [-0.1, -0.05) is 0 Å². The highest BCUT2D eigenvalue weighted by atomic mass is 31.2. The Morgan fingerprint density at radius 2 is 1.25 bits per heavy atom. The molecule has 1 saturated heterocycles. The summed E-state index contributed by atoms with van der Waals surface area (Å²) in [4.78, 5) is 0. The molecule has 4 heteroatoms. The molecular formula is H4B2P2. The third kappa shape index (κ3) is 0.475. The normalized spacial score (nSPS) is 36.0. The third-order valence-corrected chi connectivity index (χ3v) is 4.00. The van der Waals surface area contributed by atoms with E-state index >= 15 is 0 Å². The van der Waals surface area contributed by atoms with E-state index in [0.29, 0.717) is 0 Å². The minimum atomic E-state index is 0.750. The van der Waals surface area contributed by atoms with E-state index in [1.54, 1.807) is 0 Å². The lowest BCUT2D eigenvalue weighted by Gasteiger charge is -2.17. The standard InChI is InChI=1S/B2H4P2/c1-3-2-4-1/h3-4H2. The van der Waals surface area contributed by atoms with E-state index in [4.69, 9.17) is 0 Å². The Bertz CT molecular complexity index is 12.0. The predicted molar refractivity (Wildman–Crippen MR) is 30.9 cm³/mol. The summed E-state index contributed by atoms with van der Waals surface area (Å²) < 4.78 is 0. The molecule has 1 aliphatic heterocycles. The van der Waals surface area contributed by atoms with Crippen LogP contribution in [0.5, 0.6) is 0 Å². The number of hydrogen-bond acceptors (Lipinski definition) is 0. The topological polar surface area (TPSA) is 0 Å². The van der Waals surface area contributed by atoms with Gasteiger partial charge in [0.15, 0.2) is 0 Å². The zero-order chi connectivity index (χ0) is 2.83. The predicted octanol–water partition coefficient (Wildman–Crippen LogP) is -0.110. The van der Waals surface area contributed by atoms with E-state index in [9.17, 15) is 0 Å². The maximum atomic E-state index is 2.42. The maximum Gasteiger partial charge on any atom is 0.0591 e. The van der Waals surface area contributed by atoms with Crippen LogP contribution in [0.2, 0.25) is 0 Å². The molecule has 0 bridgehead atoms. The Morgan fingerprint density at radius 3 is 1.25 bits per heavy atom. The molecule has 0 atom stereocenters. The summed E-state index contributed by atoms with van der Waals surface area (Å²) in [5, 5.41) is 0. The van der Waals surface area contributed by atoms with Gasteiger partial charge < -0.3 is 16.7 Å². The van der Waals surface area contributed by atoms with Gasteiger partial charge in [0.2, 0.25) is 0 Å². The van der Waals surface area contributed by atoms with E-state index in [1.807, 2.05) is 0 Å². The van der Waals surface area contributed by atoms with Crippen LogP contribution in [0.15, 0.2) is 0 Å². The molecule has 0 spiro atoms. The number of rotatable bonds is 0. The van der Waals surface area contributed by atoms with Crippen molar-refractivity contribution in [2.24, 2.45) is 0 Å². The van der Waals surface area contributed by atoms with Gasteiger partial charge in [-0.3, -0.25) is 0 Å². The second-order valence-corrected chi connectivity index (χ2v) is 4.62. The van der Waals surface area contributed by atoms with E-state index in [0.717, 1.165) is 16.7 Å². The van der Waals surface area contributed by atoms with Gasteiger partial charge in [-0.15, -0.1) is 0 Å². The Hall–Kier alpha value is 0.990. The monoisotopic (exact) mass is 88.0 g/mol. The lowest BCUT2D eigenvalue weighted by molar-refractivity contribution is 4.25. The zero-order valence-corrected chi connectivity index (χ0v) is 4.62. The molecule has 4 heavy (non-hydrogen) atoms. The fraction of sp³-hybridized carbons (Fsp3) is 0. The summed E-state index contributed by atoms with van der Waals surface area (Å²) in [5.74, 6) is 0. The van der Waals surface area contributed by atoms with E-state index in [2.05, 4.69) is 13.4 Å². The van der Waals surface area contributed by atoms with Crippen LogP contribution in [0.1, 0.15) is 0 Å². The first-order valence-corrected chi connectivity index (χ1v) is 4.00. The van der Waals surface area contributed by atoms with Crippen molar-refractivity contribution in [3.63, 3.8) is 0 Å². The van der Waals surface area contributed by atoms with Crippen LogP contribution in [0.4, 0.5) is 0 Å². The first kappa shape index (κ1) is 3.19. The highest BCUT2D eigenvalue weighted by Crippen LogP contribution is 2.34. The van der Waals surface area contributed by atoms with Gasteiger partial charge in [-0.25, -0.2) is 0 Å². The first-order valence-electron chi connectivity index (χ1n) is 1.33. The molecule has 1 rings (SSSR count). The molecule has 0 amide bonds. The minimum Gasteiger partial charge on any atom is -0.373 e. The smallest absolute Gasteiger partial charge is 0.0591 e. The van der Waals surface area contributed by atoms with Crippen molar-refractivity contribution < 1.29 is 0 Å². The van der Waals surface area contributed by atoms with Gasteiger partial charge in [0.25, 0.3) is 0 Å². The lowest BCUT2D eigenvalue weighted by atomic mass is 10.6. The van der Waals surface area contributed by atoms with Crippen LogP contribution < -0.4 is 0 Å². The maximum absolute atomic E-state index is 2.42. The first-order chi connectivity index (χ1) is 2.00. The van der Waals surface area contributed by atoms with Crippen LogP contribution >= 0.6 is 16.7 Å². The average Bonchev–Trinajstić information content (AvgIpc) is 0.722. The van der Waals surface area contributed by atoms with E-state index < -0.39 is 0 Å². The van der Waals surface area contributed by atoms with Gasteiger partial charge >= 0.3 is 0 Å². The van der Waals surface area contributed by atoms with E-state index in [-0.39, 0.29) is 0 Å². The van der Waals surface area contributed by atoms with Crippen molar-refractivity contribution in [3.05, 3.63) is 0 Å². The summed E-state index contributed by atoms with van der Waals surface area (Å²) >= 11 is 0. The Kier molecular flexibility index (Phi) is 1.14. The van der Waals surface area contributed by atoms with Gasteiger partial charge in [0.05, 0.1) is 13.4 Å². The molecule has 0 aliphatic carbocycles. The summed E-state index contributed by atoms with van der Waals surface area (Å²) in [6.45, 7) is 4.83. The Labute approximate surface area is 31.0 Å². The van der Waals surface area contributed by atoms with Gasteiger partial charge in [-0.05, 0) is 0 Å². The van der Waals surface area contributed by atoms with Gasteiger partial charge in [-0.2, -0.15) is 0 Å². The van der Waals surface area contributed by atoms with Crippen LogP contribution in [0, 0.1) is 0 Å². The largest absolute Gasteiger partial charge is 0.373 e. The fourth-order valence-electron chi connectivity index (χ4n) is 0.111. The summed E-state index contributed by atoms with van der Waals surface area (Å²) in [7, 11) is 1.50. The minimum absolute atomic E-state index is 0.750. The SMILES string of the molecule is [B-]1[PH2+][B-][PH2+]1. The van der Waals surface area contributed by atoms with Crippen molar-refractivity contribution in [2.45, 2.75) is 0 Å². The second kappa shape index (κ2) is 1.43. The van der Waals surface area contributed by atoms with Crippen LogP contribution in [-0.2, 0) is 0 Å². The van der Waals surface area contributed by atoms with Gasteiger partial charge in [0.1, 0.15) is 0 Å². The average molecular weight is 87.6 g/mol. The van der Waals surface area contributed by atoms with Crippen molar-refractivity contribution in [1.29, 1.82) is 0 Å². The summed E-state index contributed by atoms with van der Waals surface area (Å²) in [6, 6.07) is 0. The molecule has 0 N–H and O–H groups in total. The molecule has 0 nitrogen and oxygen atoms in total. The second-order valence-electron chi connectivity index (χ2n) is 0.770. The lowest BCUT2D eigenvalue weighted by Crippen LogP contribution is -1.85. The molecule has 4 radical (unpaired) electrons. The molecule has 0 unspecified atom stereocenters. The molecule has 1 heterocycles. The molecule has 0 aromatic carbocycles. The molecule has 1 aliphatic rings. The summed E-state index contributed by atoms with van der Waals surface area (Å²) in [5.41, 5.74) is 0. The quantitative estimate of drug-likeness (QED) is 0.286. The third-order valence-electron chi connectivity index (χ3n) is 0.444. The molecule has 0 aromatic heterocycles. The van der Waals surface area contributed by atoms with Crippen molar-refractivity contribution in [2.75, 3.05) is 0 Å². The van der Waals surface area contributed by atoms with Crippen molar-refractivity contribution in [1.82, 2.24) is 0 Å². The highest BCUT2D eigenvalue weighted by molar-refractivity contribution is 8.42. The fourth-order valence-corrected chi connectivity index (χ4v) is 1.00. The molecular weight excluding hydrogens is 83.6 g/mol. The number of hydrogen-bond donors (Lipinski definition) is 0. The van der Waals surface area contributed by atoms with E-state index in [1.165, 1.54) is 0 Å². The summed E-state index contributed by atoms with van der Waals surface area (Å²) in [6.07, 6.45) is 0. The van der Waals surface area contributed by atoms with Crippen LogP contribution in [0.25, 0.3) is 0 Å². The van der Waals surface area contributed by atoms with Crippen LogP contribution in [-0.4, -0.2) is 13.4 Å². The highest BCUT2D eigenvalue weighted by Gasteiger charge is 1.86.